The predicted octanol–water partition coefficient (Wildman–Crippen LogP) is 1.32. The standard InChI is InChI=1S/C9H11NO3.C6H11NO/c1-2-7-3-5-10(9(7)13)6-4-8(11)12;1-4-6(8)7-5(2)3/h2,4,6-7H,1,3,5H2,(H,11,12);4-5H,1H2,2-3H3,(H,7,8). The maximum Gasteiger partial charge on any atom is 0.329 e. The van der Waals surface area contributed by atoms with Crippen LogP contribution >= 0.6 is 0 Å². The fourth-order valence-electron chi connectivity index (χ4n) is 1.59. The summed E-state index contributed by atoms with van der Waals surface area (Å²) in [6.07, 6.45) is 5.83. The number of likely N-dealkylation sites (tertiary alicyclic amines) is 1. The summed E-state index contributed by atoms with van der Waals surface area (Å²) in [6.45, 7) is 11.2. The van der Waals surface area contributed by atoms with Crippen molar-refractivity contribution in [1.82, 2.24) is 10.2 Å². The molecule has 0 bridgehead atoms. The number of carboxylic acids is 1. The van der Waals surface area contributed by atoms with Crippen LogP contribution in [0.15, 0.2) is 37.6 Å². The van der Waals surface area contributed by atoms with Crippen LogP contribution in [0.1, 0.15) is 20.3 Å². The van der Waals surface area contributed by atoms with Gasteiger partial charge in [0.25, 0.3) is 0 Å². The first-order chi connectivity index (χ1) is 9.81. The van der Waals surface area contributed by atoms with E-state index >= 15 is 0 Å². The molecule has 0 aromatic heterocycles. The summed E-state index contributed by atoms with van der Waals surface area (Å²) in [6, 6.07) is 0.209. The predicted molar refractivity (Wildman–Crippen MR) is 80.3 cm³/mol. The highest BCUT2D eigenvalue weighted by atomic mass is 16.4. The highest BCUT2D eigenvalue weighted by molar-refractivity contribution is 5.87. The lowest BCUT2D eigenvalue weighted by Gasteiger charge is -2.08. The SMILES string of the molecule is C=CC(=O)NC(C)C.C=CC1CCN(C=CC(=O)O)C1=O. The summed E-state index contributed by atoms with van der Waals surface area (Å²) < 4.78 is 0. The minimum absolute atomic E-state index is 0.0764. The molecule has 0 aromatic carbocycles. The molecule has 0 spiro atoms. The second kappa shape index (κ2) is 9.52. The van der Waals surface area contributed by atoms with Crippen molar-refractivity contribution >= 4 is 17.8 Å². The first kappa shape index (κ1) is 18.6. The average Bonchev–Trinajstić information content (AvgIpc) is 2.76. The zero-order valence-electron chi connectivity index (χ0n) is 12.4. The number of rotatable bonds is 5. The molecule has 1 atom stereocenters. The summed E-state index contributed by atoms with van der Waals surface area (Å²) in [5.41, 5.74) is 0. The summed E-state index contributed by atoms with van der Waals surface area (Å²) >= 11 is 0. The van der Waals surface area contributed by atoms with Crippen molar-refractivity contribution < 1.29 is 19.5 Å². The van der Waals surface area contributed by atoms with Crippen LogP contribution < -0.4 is 5.32 Å². The molecule has 21 heavy (non-hydrogen) atoms. The molecule has 116 valence electrons. The minimum atomic E-state index is -1.05. The number of nitrogens with one attached hydrogen (secondary N) is 1. The third kappa shape index (κ3) is 7.71. The summed E-state index contributed by atoms with van der Waals surface area (Å²) in [5.74, 6) is -1.39. The number of hydrogen-bond acceptors (Lipinski definition) is 3. The Labute approximate surface area is 124 Å². The number of amides is 2. The van der Waals surface area contributed by atoms with Crippen LogP contribution in [-0.4, -0.2) is 40.4 Å². The van der Waals surface area contributed by atoms with Gasteiger partial charge < -0.3 is 15.3 Å². The van der Waals surface area contributed by atoms with Gasteiger partial charge in [-0.05, 0) is 26.3 Å². The minimum Gasteiger partial charge on any atom is -0.478 e. The highest BCUT2D eigenvalue weighted by Gasteiger charge is 2.27. The van der Waals surface area contributed by atoms with E-state index in [1.807, 2.05) is 13.8 Å². The Morgan fingerprint density at radius 2 is 2.05 bits per heavy atom. The highest BCUT2D eigenvalue weighted by Crippen LogP contribution is 2.18. The topological polar surface area (TPSA) is 86.7 Å². The van der Waals surface area contributed by atoms with E-state index in [4.69, 9.17) is 5.11 Å². The quantitative estimate of drug-likeness (QED) is 0.591. The van der Waals surface area contributed by atoms with Crippen molar-refractivity contribution in [1.29, 1.82) is 0 Å². The number of carbonyl (C=O) groups excluding carboxylic acids is 2. The summed E-state index contributed by atoms with van der Waals surface area (Å²) in [4.78, 5) is 33.3. The number of hydrogen-bond donors (Lipinski definition) is 2. The Bertz CT molecular complexity index is 441. The molecule has 0 radical (unpaired) electrons. The van der Waals surface area contributed by atoms with Gasteiger partial charge in [-0.2, -0.15) is 0 Å². The number of aliphatic carboxylic acids is 1. The van der Waals surface area contributed by atoms with E-state index in [1.54, 1.807) is 6.08 Å². The zero-order valence-corrected chi connectivity index (χ0v) is 12.4. The maximum absolute atomic E-state index is 11.4. The van der Waals surface area contributed by atoms with E-state index in [0.29, 0.717) is 13.0 Å². The van der Waals surface area contributed by atoms with Gasteiger partial charge >= 0.3 is 5.97 Å². The van der Waals surface area contributed by atoms with E-state index in [9.17, 15) is 14.4 Å². The molecule has 0 saturated carbocycles. The second-order valence-electron chi connectivity index (χ2n) is 4.68. The number of nitrogens with zero attached hydrogens (tertiary/aromatic N) is 1. The Morgan fingerprint density at radius 1 is 1.43 bits per heavy atom. The molecule has 1 aliphatic rings. The average molecular weight is 294 g/mol. The largest absolute Gasteiger partial charge is 0.478 e. The summed E-state index contributed by atoms with van der Waals surface area (Å²) in [7, 11) is 0. The zero-order chi connectivity index (χ0) is 16.4. The fourth-order valence-corrected chi connectivity index (χ4v) is 1.59. The molecule has 2 amide bonds. The summed E-state index contributed by atoms with van der Waals surface area (Å²) in [5, 5.41) is 11.0. The Balaban J connectivity index is 0.000000433. The third-order valence-corrected chi connectivity index (χ3v) is 2.58. The molecule has 0 aromatic rings. The molecular formula is C15H22N2O4. The molecule has 1 unspecified atom stereocenters. The van der Waals surface area contributed by atoms with Crippen molar-refractivity contribution in [3.05, 3.63) is 37.6 Å². The van der Waals surface area contributed by atoms with Crippen LogP contribution in [0.5, 0.6) is 0 Å². The lowest BCUT2D eigenvalue weighted by atomic mass is 10.1. The smallest absolute Gasteiger partial charge is 0.329 e. The van der Waals surface area contributed by atoms with Crippen molar-refractivity contribution in [2.24, 2.45) is 5.92 Å². The molecule has 6 nitrogen and oxygen atoms in total. The van der Waals surface area contributed by atoms with Gasteiger partial charge in [0.15, 0.2) is 0 Å². The van der Waals surface area contributed by atoms with Crippen molar-refractivity contribution in [3.63, 3.8) is 0 Å². The third-order valence-electron chi connectivity index (χ3n) is 2.58. The van der Waals surface area contributed by atoms with Crippen LogP contribution in [0.3, 0.4) is 0 Å². The maximum atomic E-state index is 11.4. The lowest BCUT2D eigenvalue weighted by molar-refractivity contribution is -0.131. The molecular weight excluding hydrogens is 272 g/mol. The van der Waals surface area contributed by atoms with E-state index in [1.165, 1.54) is 17.2 Å². The van der Waals surface area contributed by atoms with Gasteiger partial charge in [-0.15, -0.1) is 6.58 Å². The van der Waals surface area contributed by atoms with E-state index < -0.39 is 5.97 Å². The monoisotopic (exact) mass is 294 g/mol. The van der Waals surface area contributed by atoms with Gasteiger partial charge in [0.1, 0.15) is 0 Å². The van der Waals surface area contributed by atoms with Crippen LogP contribution in [0, 0.1) is 5.92 Å². The number of carboxylic acid groups (broad SMARTS) is 1. The Kier molecular flexibility index (Phi) is 8.45. The van der Waals surface area contributed by atoms with Gasteiger partial charge in [-0.3, -0.25) is 9.59 Å². The second-order valence-corrected chi connectivity index (χ2v) is 4.68. The van der Waals surface area contributed by atoms with E-state index in [-0.39, 0.29) is 23.8 Å². The molecule has 1 saturated heterocycles. The molecule has 1 fully saturated rings. The van der Waals surface area contributed by atoms with Gasteiger partial charge in [0.2, 0.25) is 11.8 Å². The van der Waals surface area contributed by atoms with Gasteiger partial charge in [0, 0.05) is 24.9 Å². The normalized spacial score (nSPS) is 17.4. The molecule has 1 aliphatic heterocycles. The van der Waals surface area contributed by atoms with Gasteiger partial charge in [-0.25, -0.2) is 4.79 Å². The van der Waals surface area contributed by atoms with E-state index in [0.717, 1.165) is 6.08 Å². The lowest BCUT2D eigenvalue weighted by Crippen LogP contribution is -2.27. The molecule has 1 rings (SSSR count). The van der Waals surface area contributed by atoms with Gasteiger partial charge in [0.05, 0.1) is 5.92 Å². The van der Waals surface area contributed by atoms with Crippen molar-refractivity contribution in [2.45, 2.75) is 26.3 Å². The van der Waals surface area contributed by atoms with Crippen molar-refractivity contribution in [2.75, 3.05) is 6.54 Å². The molecule has 1 heterocycles. The first-order valence-electron chi connectivity index (χ1n) is 6.58. The van der Waals surface area contributed by atoms with Gasteiger partial charge in [-0.1, -0.05) is 12.7 Å². The Morgan fingerprint density at radius 3 is 2.38 bits per heavy atom. The van der Waals surface area contributed by atoms with Crippen LogP contribution in [-0.2, 0) is 14.4 Å². The van der Waals surface area contributed by atoms with Crippen LogP contribution in [0.25, 0.3) is 0 Å². The molecule has 0 aliphatic carbocycles. The Hall–Kier alpha value is -2.37. The first-order valence-corrected chi connectivity index (χ1v) is 6.58. The molecule has 6 heteroatoms. The number of carbonyl (C=O) groups is 3. The van der Waals surface area contributed by atoms with Crippen molar-refractivity contribution in [3.8, 4) is 0 Å². The van der Waals surface area contributed by atoms with E-state index in [2.05, 4.69) is 18.5 Å². The van der Waals surface area contributed by atoms with Crippen LogP contribution in [0.4, 0.5) is 0 Å². The fraction of sp³-hybridized carbons (Fsp3) is 0.400. The molecule has 2 N–H and O–H groups in total. The van der Waals surface area contributed by atoms with Crippen LogP contribution in [0.2, 0.25) is 0 Å².